The fourth-order valence-electron chi connectivity index (χ4n) is 2.85. The number of hydrogen-bond acceptors (Lipinski definition) is 5. The van der Waals surface area contributed by atoms with Crippen molar-refractivity contribution in [2.45, 2.75) is 0 Å². The van der Waals surface area contributed by atoms with Crippen LogP contribution in [-0.4, -0.2) is 32.0 Å². The van der Waals surface area contributed by atoms with Crippen molar-refractivity contribution in [1.29, 1.82) is 0 Å². The number of nitrogens with one attached hydrogen (secondary N) is 1. The van der Waals surface area contributed by atoms with Crippen LogP contribution in [0.2, 0.25) is 5.02 Å². The van der Waals surface area contributed by atoms with E-state index in [2.05, 4.69) is 5.32 Å². The second-order valence-corrected chi connectivity index (χ2v) is 8.55. The number of fused-ring (bicyclic) bond motifs is 1. The Hall–Kier alpha value is -3.17. The van der Waals surface area contributed by atoms with Crippen molar-refractivity contribution in [2.24, 2.45) is 0 Å². The summed E-state index contributed by atoms with van der Waals surface area (Å²) < 4.78 is 25.8. The maximum absolute atomic E-state index is 12.6. The number of hydrogen-bond donors (Lipinski definition) is 1. The largest absolute Gasteiger partial charge is 0.323 e. The van der Waals surface area contributed by atoms with E-state index in [1.165, 1.54) is 12.1 Å². The molecule has 0 aliphatic carbocycles. The molecule has 8 nitrogen and oxygen atoms in total. The summed E-state index contributed by atoms with van der Waals surface area (Å²) in [7, 11) is -3.80. The van der Waals surface area contributed by atoms with Crippen molar-refractivity contribution in [3.8, 4) is 0 Å². The quantitative estimate of drug-likeness (QED) is 0.469. The molecule has 0 aromatic heterocycles. The first-order chi connectivity index (χ1) is 13.7. The van der Waals surface area contributed by atoms with Gasteiger partial charge in [-0.1, -0.05) is 48.0 Å². The molecular weight excluding hydrogens is 418 g/mol. The highest BCUT2D eigenvalue weighted by Crippen LogP contribution is 2.29. The third-order valence-corrected chi connectivity index (χ3v) is 5.61. The first-order valence-corrected chi connectivity index (χ1v) is 10.6. The molecule has 0 saturated carbocycles. The molecule has 0 saturated heterocycles. The molecule has 1 N–H and O–H groups in total. The molecule has 0 aliphatic rings. The van der Waals surface area contributed by atoms with Gasteiger partial charge in [-0.15, -0.1) is 0 Å². The second kappa shape index (κ2) is 8.06. The zero-order valence-electron chi connectivity index (χ0n) is 15.2. The smallest absolute Gasteiger partial charge is 0.271 e. The summed E-state index contributed by atoms with van der Waals surface area (Å²) in [5, 5.41) is 15.0. The summed E-state index contributed by atoms with van der Waals surface area (Å²) in [4.78, 5) is 22.9. The van der Waals surface area contributed by atoms with Crippen LogP contribution < -0.4 is 9.62 Å². The normalized spacial score (nSPS) is 11.2. The Morgan fingerprint density at radius 2 is 1.83 bits per heavy atom. The zero-order valence-corrected chi connectivity index (χ0v) is 16.8. The molecule has 150 valence electrons. The molecule has 29 heavy (non-hydrogen) atoms. The molecule has 0 spiro atoms. The van der Waals surface area contributed by atoms with Gasteiger partial charge in [0, 0.05) is 17.5 Å². The lowest BCUT2D eigenvalue weighted by Crippen LogP contribution is -2.37. The van der Waals surface area contributed by atoms with E-state index in [1.807, 2.05) is 18.2 Å². The molecule has 0 aliphatic heterocycles. The maximum Gasteiger partial charge on any atom is 0.271 e. The van der Waals surface area contributed by atoms with Crippen LogP contribution in [-0.2, 0) is 14.8 Å². The average Bonchev–Trinajstić information content (AvgIpc) is 2.66. The first kappa shape index (κ1) is 20.6. The van der Waals surface area contributed by atoms with E-state index in [4.69, 9.17) is 11.6 Å². The van der Waals surface area contributed by atoms with Gasteiger partial charge in [-0.25, -0.2) is 8.42 Å². The Kier molecular flexibility index (Phi) is 5.71. The highest BCUT2D eigenvalue weighted by Gasteiger charge is 2.23. The van der Waals surface area contributed by atoms with Gasteiger partial charge in [-0.3, -0.25) is 19.2 Å². The Bertz CT molecular complexity index is 1210. The minimum atomic E-state index is -3.80. The number of carbonyl (C=O) groups excluding carboxylic acids is 1. The first-order valence-electron chi connectivity index (χ1n) is 8.36. The predicted molar refractivity (Wildman–Crippen MR) is 113 cm³/mol. The summed E-state index contributed by atoms with van der Waals surface area (Å²) in [6, 6.07) is 15.9. The van der Waals surface area contributed by atoms with Gasteiger partial charge in [0.25, 0.3) is 5.69 Å². The lowest BCUT2D eigenvalue weighted by molar-refractivity contribution is -0.384. The van der Waals surface area contributed by atoms with Gasteiger partial charge in [-0.05, 0) is 17.5 Å². The third-order valence-electron chi connectivity index (χ3n) is 4.16. The number of non-ortho nitro benzene ring substituents is 1. The van der Waals surface area contributed by atoms with E-state index >= 15 is 0 Å². The monoisotopic (exact) mass is 433 g/mol. The Morgan fingerprint density at radius 1 is 1.14 bits per heavy atom. The summed E-state index contributed by atoms with van der Waals surface area (Å²) in [6.07, 6.45) is 1.00. The molecule has 0 bridgehead atoms. The number of anilines is 2. The third kappa shape index (κ3) is 4.64. The lowest BCUT2D eigenvalue weighted by atomic mass is 10.1. The SMILES string of the molecule is CS(=O)(=O)N(CC(=O)Nc1cc([N+](=O)[O-])ccc1Cl)c1cccc2ccccc12. The van der Waals surface area contributed by atoms with E-state index in [0.29, 0.717) is 11.1 Å². The molecule has 0 unspecified atom stereocenters. The second-order valence-electron chi connectivity index (χ2n) is 6.24. The lowest BCUT2D eigenvalue weighted by Gasteiger charge is -2.23. The number of rotatable bonds is 6. The number of benzene rings is 3. The molecule has 0 radical (unpaired) electrons. The number of nitro groups is 1. The van der Waals surface area contributed by atoms with Crippen molar-refractivity contribution in [3.63, 3.8) is 0 Å². The Labute approximate surface area is 171 Å². The van der Waals surface area contributed by atoms with Crippen LogP contribution in [0, 0.1) is 10.1 Å². The fraction of sp³-hybridized carbons (Fsp3) is 0.105. The molecule has 3 rings (SSSR count). The van der Waals surface area contributed by atoms with Crippen molar-refractivity contribution >= 4 is 55.4 Å². The maximum atomic E-state index is 12.6. The number of halogens is 1. The summed E-state index contributed by atoms with van der Waals surface area (Å²) in [5.74, 6) is -0.689. The summed E-state index contributed by atoms with van der Waals surface area (Å²) >= 11 is 6.00. The van der Waals surface area contributed by atoms with Crippen LogP contribution in [0.25, 0.3) is 10.8 Å². The Balaban J connectivity index is 1.94. The van der Waals surface area contributed by atoms with Crippen molar-refractivity contribution in [1.82, 2.24) is 0 Å². The molecule has 0 fully saturated rings. The van der Waals surface area contributed by atoms with Gasteiger partial charge >= 0.3 is 0 Å². The van der Waals surface area contributed by atoms with Gasteiger partial charge in [0.05, 0.1) is 27.6 Å². The standard InChI is InChI=1S/C19H16ClN3O5S/c1-29(27,28)22(18-8-4-6-13-5-2-3-7-15(13)18)12-19(24)21-17-11-14(23(25)26)9-10-16(17)20/h2-11H,12H2,1H3,(H,21,24). The van der Waals surface area contributed by atoms with Crippen molar-refractivity contribution < 1.29 is 18.1 Å². The van der Waals surface area contributed by atoms with E-state index in [-0.39, 0.29) is 16.4 Å². The minimum absolute atomic E-state index is 0.0252. The van der Waals surface area contributed by atoms with E-state index in [0.717, 1.165) is 22.0 Å². The van der Waals surface area contributed by atoms with Crippen LogP contribution in [0.15, 0.2) is 60.7 Å². The van der Waals surface area contributed by atoms with Crippen LogP contribution >= 0.6 is 11.6 Å². The molecule has 0 atom stereocenters. The average molecular weight is 434 g/mol. The van der Waals surface area contributed by atoms with Crippen LogP contribution in [0.3, 0.4) is 0 Å². The van der Waals surface area contributed by atoms with E-state index < -0.39 is 27.4 Å². The van der Waals surface area contributed by atoms with Gasteiger partial charge < -0.3 is 5.32 Å². The van der Waals surface area contributed by atoms with Gasteiger partial charge in [0.15, 0.2) is 0 Å². The van der Waals surface area contributed by atoms with Crippen LogP contribution in [0.5, 0.6) is 0 Å². The molecule has 1 amide bonds. The molecule has 10 heteroatoms. The molecule has 3 aromatic rings. The van der Waals surface area contributed by atoms with Crippen LogP contribution in [0.4, 0.5) is 17.1 Å². The summed E-state index contributed by atoms with van der Waals surface area (Å²) in [6.45, 7) is -0.522. The van der Waals surface area contributed by atoms with Crippen molar-refractivity contribution in [2.75, 3.05) is 22.4 Å². The van der Waals surface area contributed by atoms with Gasteiger partial charge in [0.2, 0.25) is 15.9 Å². The number of nitro benzene ring substituents is 1. The highest BCUT2D eigenvalue weighted by atomic mass is 35.5. The number of carbonyl (C=O) groups is 1. The minimum Gasteiger partial charge on any atom is -0.323 e. The highest BCUT2D eigenvalue weighted by molar-refractivity contribution is 7.92. The molecule has 0 heterocycles. The molecular formula is C19H16ClN3O5S. The van der Waals surface area contributed by atoms with Crippen LogP contribution in [0.1, 0.15) is 0 Å². The fourth-order valence-corrected chi connectivity index (χ4v) is 3.88. The Morgan fingerprint density at radius 3 is 2.52 bits per heavy atom. The zero-order chi connectivity index (χ0) is 21.2. The number of nitrogens with zero attached hydrogens (tertiary/aromatic N) is 2. The van der Waals surface area contributed by atoms with Crippen molar-refractivity contribution in [3.05, 3.63) is 75.8 Å². The topological polar surface area (TPSA) is 110 Å². The molecule has 3 aromatic carbocycles. The number of sulfonamides is 1. The van der Waals surface area contributed by atoms with Gasteiger partial charge in [-0.2, -0.15) is 0 Å². The predicted octanol–water partition coefficient (Wildman–Crippen LogP) is 3.81. The number of amides is 1. The van der Waals surface area contributed by atoms with E-state index in [1.54, 1.807) is 24.3 Å². The van der Waals surface area contributed by atoms with E-state index in [9.17, 15) is 23.3 Å². The van der Waals surface area contributed by atoms with Gasteiger partial charge in [0.1, 0.15) is 6.54 Å². The summed E-state index contributed by atoms with van der Waals surface area (Å²) in [5.41, 5.74) is 0.127.